The number of hydrogen-bond acceptors (Lipinski definition) is 1. The molecule has 1 aliphatic heterocycles. The van der Waals surface area contributed by atoms with Gasteiger partial charge in [0.1, 0.15) is 6.10 Å². The molecule has 0 amide bonds. The van der Waals surface area contributed by atoms with E-state index in [9.17, 15) is 17.6 Å². The van der Waals surface area contributed by atoms with E-state index in [1.54, 1.807) is 30.3 Å². The Morgan fingerprint density at radius 2 is 1.25 bits per heavy atom. The molecular formula is C31H36F4O. The van der Waals surface area contributed by atoms with E-state index in [2.05, 4.69) is 6.92 Å². The second kappa shape index (κ2) is 11.1. The molecule has 0 radical (unpaired) electrons. The minimum Gasteiger partial charge on any atom is -0.368 e. The summed E-state index contributed by atoms with van der Waals surface area (Å²) < 4.78 is 64.1. The molecule has 2 saturated carbocycles. The van der Waals surface area contributed by atoms with Crippen molar-refractivity contribution in [1.29, 1.82) is 0 Å². The molecule has 194 valence electrons. The quantitative estimate of drug-likeness (QED) is 0.272. The van der Waals surface area contributed by atoms with Gasteiger partial charge in [-0.2, -0.15) is 0 Å². The summed E-state index contributed by atoms with van der Waals surface area (Å²) in [5.74, 6) is -1.97. The standard InChI is InChI=1S/C31H36F4O/c1-2-3-19-4-9-21(10-5-19)24-15-14-23(28(32)29(24)33)13-8-20-6-11-22(12-7-20)25-16-17-26(27-18-36-27)31(35)30(25)34/h8,13-17,19-22,27H,2-7,9-12,18H2,1H3/b13-8+. The first-order chi connectivity index (χ1) is 17.5. The van der Waals surface area contributed by atoms with Crippen molar-refractivity contribution >= 4 is 6.08 Å². The lowest BCUT2D eigenvalue weighted by atomic mass is 9.77. The van der Waals surface area contributed by atoms with Gasteiger partial charge >= 0.3 is 0 Å². The third-order valence-electron chi connectivity index (χ3n) is 8.71. The summed E-state index contributed by atoms with van der Waals surface area (Å²) in [6.45, 7) is 2.64. The molecule has 1 nitrogen and oxygen atoms in total. The third-order valence-corrected chi connectivity index (χ3v) is 8.71. The zero-order valence-electron chi connectivity index (χ0n) is 21.0. The van der Waals surface area contributed by atoms with Gasteiger partial charge < -0.3 is 4.74 Å². The number of benzene rings is 2. The fourth-order valence-electron chi connectivity index (χ4n) is 6.43. The molecule has 1 unspecified atom stereocenters. The van der Waals surface area contributed by atoms with Gasteiger partial charge in [-0.3, -0.25) is 0 Å². The van der Waals surface area contributed by atoms with Crippen LogP contribution in [0.3, 0.4) is 0 Å². The minimum atomic E-state index is -0.785. The van der Waals surface area contributed by atoms with Gasteiger partial charge in [-0.15, -0.1) is 0 Å². The highest BCUT2D eigenvalue weighted by molar-refractivity contribution is 5.52. The van der Waals surface area contributed by atoms with Crippen molar-refractivity contribution in [2.45, 2.75) is 89.1 Å². The van der Waals surface area contributed by atoms with Crippen molar-refractivity contribution in [2.75, 3.05) is 6.61 Å². The lowest BCUT2D eigenvalue weighted by molar-refractivity contribution is 0.303. The highest BCUT2D eigenvalue weighted by Crippen LogP contribution is 2.41. The Labute approximate surface area is 211 Å². The number of hydrogen-bond donors (Lipinski definition) is 0. The molecule has 1 atom stereocenters. The lowest BCUT2D eigenvalue weighted by Gasteiger charge is -2.29. The Kier molecular flexibility index (Phi) is 7.85. The molecule has 5 heteroatoms. The van der Waals surface area contributed by atoms with Crippen LogP contribution in [-0.2, 0) is 4.74 Å². The van der Waals surface area contributed by atoms with Gasteiger partial charge in [-0.05, 0) is 86.2 Å². The average molecular weight is 501 g/mol. The van der Waals surface area contributed by atoms with Crippen LogP contribution in [0.1, 0.15) is 111 Å². The van der Waals surface area contributed by atoms with Gasteiger partial charge in [0, 0.05) is 11.1 Å². The van der Waals surface area contributed by atoms with Crippen molar-refractivity contribution in [1.82, 2.24) is 0 Å². The highest BCUT2D eigenvalue weighted by Gasteiger charge is 2.32. The van der Waals surface area contributed by atoms with Crippen LogP contribution in [0.2, 0.25) is 0 Å². The second-order valence-electron chi connectivity index (χ2n) is 11.0. The Hall–Kier alpha value is -2.14. The molecule has 0 aromatic heterocycles. The molecule has 5 rings (SSSR count). The van der Waals surface area contributed by atoms with E-state index in [-0.39, 0.29) is 29.4 Å². The van der Waals surface area contributed by atoms with Crippen LogP contribution < -0.4 is 0 Å². The van der Waals surface area contributed by atoms with E-state index in [0.717, 1.165) is 57.3 Å². The van der Waals surface area contributed by atoms with Gasteiger partial charge in [0.05, 0.1) is 6.61 Å². The molecule has 0 N–H and O–H groups in total. The molecule has 2 aliphatic carbocycles. The maximum absolute atomic E-state index is 15.0. The Morgan fingerprint density at radius 3 is 1.86 bits per heavy atom. The predicted octanol–water partition coefficient (Wildman–Crippen LogP) is 9.38. The van der Waals surface area contributed by atoms with E-state index in [0.29, 0.717) is 23.3 Å². The first-order valence-corrected chi connectivity index (χ1v) is 13.7. The smallest absolute Gasteiger partial charge is 0.166 e. The van der Waals surface area contributed by atoms with Crippen molar-refractivity contribution in [3.63, 3.8) is 0 Å². The van der Waals surface area contributed by atoms with E-state index in [1.807, 2.05) is 6.08 Å². The van der Waals surface area contributed by atoms with Crippen LogP contribution in [0.15, 0.2) is 30.3 Å². The van der Waals surface area contributed by atoms with Gasteiger partial charge in [0.2, 0.25) is 0 Å². The van der Waals surface area contributed by atoms with E-state index >= 15 is 0 Å². The van der Waals surface area contributed by atoms with Crippen molar-refractivity contribution in [3.8, 4) is 0 Å². The predicted molar refractivity (Wildman–Crippen MR) is 135 cm³/mol. The zero-order chi connectivity index (χ0) is 25.2. The van der Waals surface area contributed by atoms with Crippen LogP contribution in [0.4, 0.5) is 17.6 Å². The summed E-state index contributed by atoms with van der Waals surface area (Å²) in [6, 6.07) is 6.83. The Balaban J connectivity index is 1.19. The first-order valence-electron chi connectivity index (χ1n) is 13.7. The van der Waals surface area contributed by atoms with Crippen LogP contribution in [0, 0.1) is 35.1 Å². The summed E-state index contributed by atoms with van der Waals surface area (Å²) in [5, 5.41) is 0. The Morgan fingerprint density at radius 1 is 0.722 bits per heavy atom. The second-order valence-corrected chi connectivity index (χ2v) is 11.0. The summed E-state index contributed by atoms with van der Waals surface area (Å²) in [6.07, 6.45) is 12.9. The molecule has 3 fully saturated rings. The number of halogens is 4. The first kappa shape index (κ1) is 25.5. The van der Waals surface area contributed by atoms with Crippen molar-refractivity contribution in [2.24, 2.45) is 11.8 Å². The molecule has 2 aromatic carbocycles. The molecule has 3 aliphatic rings. The van der Waals surface area contributed by atoms with Crippen molar-refractivity contribution < 1.29 is 22.3 Å². The lowest BCUT2D eigenvalue weighted by Crippen LogP contribution is -2.15. The van der Waals surface area contributed by atoms with Crippen LogP contribution in [-0.4, -0.2) is 6.61 Å². The average Bonchev–Trinajstić information content (AvgIpc) is 3.73. The normalized spacial score (nSPS) is 28.5. The van der Waals surface area contributed by atoms with E-state index in [4.69, 9.17) is 4.74 Å². The summed E-state index contributed by atoms with van der Waals surface area (Å²) >= 11 is 0. The van der Waals surface area contributed by atoms with Crippen LogP contribution >= 0.6 is 0 Å². The number of epoxide rings is 1. The summed E-state index contributed by atoms with van der Waals surface area (Å²) in [7, 11) is 0. The van der Waals surface area contributed by atoms with Gasteiger partial charge in [-0.25, -0.2) is 17.6 Å². The van der Waals surface area contributed by atoms with E-state index in [1.165, 1.54) is 12.8 Å². The topological polar surface area (TPSA) is 12.5 Å². The highest BCUT2D eigenvalue weighted by atomic mass is 19.2. The third kappa shape index (κ3) is 5.41. The maximum atomic E-state index is 15.0. The van der Waals surface area contributed by atoms with Crippen LogP contribution in [0.5, 0.6) is 0 Å². The summed E-state index contributed by atoms with van der Waals surface area (Å²) in [4.78, 5) is 0. The fraction of sp³-hybridized carbons (Fsp3) is 0.548. The fourth-order valence-corrected chi connectivity index (χ4v) is 6.43. The maximum Gasteiger partial charge on any atom is 0.166 e. The minimum absolute atomic E-state index is 0.0285. The van der Waals surface area contributed by atoms with Gasteiger partial charge in [-0.1, -0.05) is 56.2 Å². The molecule has 0 bridgehead atoms. The molecular weight excluding hydrogens is 464 g/mol. The van der Waals surface area contributed by atoms with Crippen molar-refractivity contribution in [3.05, 3.63) is 75.9 Å². The number of allylic oxidation sites excluding steroid dienone is 1. The summed E-state index contributed by atoms with van der Waals surface area (Å²) in [5.41, 5.74) is 1.54. The molecule has 0 spiro atoms. The molecule has 1 heterocycles. The SMILES string of the molecule is CCCC1CCC(c2ccc(/C=C/C3CCC(c4ccc(C5CO5)c(F)c4F)CC3)c(F)c2F)CC1. The van der Waals surface area contributed by atoms with Crippen LogP contribution in [0.25, 0.3) is 6.08 Å². The zero-order valence-corrected chi connectivity index (χ0v) is 21.0. The monoisotopic (exact) mass is 500 g/mol. The largest absolute Gasteiger partial charge is 0.368 e. The molecule has 2 aromatic rings. The number of rotatable bonds is 7. The molecule has 36 heavy (non-hydrogen) atoms. The van der Waals surface area contributed by atoms with Gasteiger partial charge in [0.25, 0.3) is 0 Å². The van der Waals surface area contributed by atoms with Gasteiger partial charge in [0.15, 0.2) is 23.3 Å². The van der Waals surface area contributed by atoms with E-state index < -0.39 is 23.3 Å². The molecule has 1 saturated heterocycles. The number of ether oxygens (including phenoxy) is 1. The Bertz CT molecular complexity index is 1090.